The summed E-state index contributed by atoms with van der Waals surface area (Å²) in [5.41, 5.74) is -2.17. The van der Waals surface area contributed by atoms with Gasteiger partial charge in [0.1, 0.15) is 5.75 Å². The molecule has 1 aromatic heterocycles. The number of rotatable bonds is 5. The molecule has 5 nitrogen and oxygen atoms in total. The lowest BCUT2D eigenvalue weighted by Gasteiger charge is -2.14. The molecule has 0 saturated heterocycles. The number of thioether (sulfide) groups is 1. The molecule has 0 aliphatic carbocycles. The quantitative estimate of drug-likeness (QED) is 0.435. The number of anilines is 1. The third kappa shape index (κ3) is 5.17. The zero-order valence-corrected chi connectivity index (χ0v) is 16.0. The van der Waals surface area contributed by atoms with Crippen LogP contribution in [0, 0.1) is 0 Å². The van der Waals surface area contributed by atoms with Crippen molar-refractivity contribution in [3.8, 4) is 5.75 Å². The molecule has 0 bridgehead atoms. The van der Waals surface area contributed by atoms with Crippen LogP contribution in [0.15, 0.2) is 41.6 Å². The van der Waals surface area contributed by atoms with Gasteiger partial charge in [0, 0.05) is 11.8 Å². The number of fused-ring (bicyclic) bond motifs is 1. The smallest absolute Gasteiger partial charge is 0.416 e. The Bertz CT molecular complexity index is 1050. The van der Waals surface area contributed by atoms with E-state index in [-0.39, 0.29) is 11.8 Å². The standard InChI is InChI=1S/C18H13F6N3O2S/c1-29-12-2-3-13-14(7-12)27-16(26-13)30-8-15(28)25-11-5-9(17(19,20)21)4-10(6-11)18(22,23)24/h2-7H,8H2,1H3,(H,25,28)(H,26,27)/p+1. The number of imidazole rings is 1. The number of hydrogen-bond donors (Lipinski definition) is 2. The number of benzene rings is 2. The number of carbonyl (C=O) groups is 1. The number of H-pyrrole nitrogens is 2. The van der Waals surface area contributed by atoms with Crippen LogP contribution in [0.5, 0.6) is 5.75 Å². The highest BCUT2D eigenvalue weighted by Gasteiger charge is 2.37. The maximum atomic E-state index is 12.9. The Balaban J connectivity index is 1.73. The Morgan fingerprint density at radius 2 is 1.70 bits per heavy atom. The van der Waals surface area contributed by atoms with E-state index in [9.17, 15) is 31.1 Å². The van der Waals surface area contributed by atoms with Crippen LogP contribution in [0.3, 0.4) is 0 Å². The molecule has 0 fully saturated rings. The van der Waals surface area contributed by atoms with Crippen molar-refractivity contribution >= 4 is 34.4 Å². The van der Waals surface area contributed by atoms with Gasteiger partial charge >= 0.3 is 17.5 Å². The summed E-state index contributed by atoms with van der Waals surface area (Å²) in [5, 5.41) is 2.56. The van der Waals surface area contributed by atoms with Crippen LogP contribution in [0.2, 0.25) is 0 Å². The molecule has 0 aliphatic rings. The lowest BCUT2D eigenvalue weighted by atomic mass is 10.1. The Labute approximate surface area is 169 Å². The second-order valence-corrected chi connectivity index (χ2v) is 7.11. The summed E-state index contributed by atoms with van der Waals surface area (Å²) in [6.45, 7) is 0. The number of halogens is 6. The summed E-state index contributed by atoms with van der Waals surface area (Å²) < 4.78 is 82.5. The molecule has 3 rings (SSSR count). The van der Waals surface area contributed by atoms with E-state index in [0.717, 1.165) is 17.3 Å². The van der Waals surface area contributed by atoms with Crippen molar-refractivity contribution in [1.29, 1.82) is 0 Å². The summed E-state index contributed by atoms with van der Waals surface area (Å²) in [7, 11) is 1.51. The molecule has 2 aromatic carbocycles. The molecule has 160 valence electrons. The average Bonchev–Trinajstić information content (AvgIpc) is 3.06. The van der Waals surface area contributed by atoms with Crippen LogP contribution in [0.25, 0.3) is 11.0 Å². The minimum atomic E-state index is -4.99. The minimum absolute atomic E-state index is 0.00186. The van der Waals surface area contributed by atoms with Crippen LogP contribution in [0.1, 0.15) is 11.1 Å². The van der Waals surface area contributed by atoms with E-state index in [2.05, 4.69) is 15.3 Å². The third-order valence-corrected chi connectivity index (χ3v) is 4.84. The van der Waals surface area contributed by atoms with Crippen molar-refractivity contribution in [1.82, 2.24) is 4.98 Å². The number of nitrogens with one attached hydrogen (secondary N) is 3. The largest absolute Gasteiger partial charge is 0.497 e. The first-order chi connectivity index (χ1) is 14.0. The maximum Gasteiger partial charge on any atom is 0.416 e. The molecule has 12 heteroatoms. The summed E-state index contributed by atoms with van der Waals surface area (Å²) in [6.07, 6.45) is -9.98. The Hall–Kier alpha value is -2.89. The normalized spacial score (nSPS) is 12.2. The molecule has 0 atom stereocenters. The third-order valence-electron chi connectivity index (χ3n) is 3.94. The molecule has 0 saturated carbocycles. The minimum Gasteiger partial charge on any atom is -0.497 e. The van der Waals surface area contributed by atoms with Crippen molar-refractivity contribution in [2.75, 3.05) is 18.2 Å². The fourth-order valence-corrected chi connectivity index (χ4v) is 3.28. The van der Waals surface area contributed by atoms with Gasteiger partial charge in [-0.25, -0.2) is 9.97 Å². The van der Waals surface area contributed by atoms with Gasteiger partial charge in [0.25, 0.3) is 0 Å². The SMILES string of the molecule is COc1ccc2[nH+]c(SCC(=O)Nc3cc(C(F)(F)F)cc(C(F)(F)F)c3)[nH]c2c1. The Morgan fingerprint density at radius 1 is 1.07 bits per heavy atom. The fraction of sp³-hybridized carbons (Fsp3) is 0.222. The van der Waals surface area contributed by atoms with Gasteiger partial charge in [0.05, 0.1) is 24.0 Å². The number of amides is 1. The lowest BCUT2D eigenvalue weighted by Crippen LogP contribution is -2.17. The predicted molar refractivity (Wildman–Crippen MR) is 97.2 cm³/mol. The highest BCUT2D eigenvalue weighted by atomic mass is 32.2. The van der Waals surface area contributed by atoms with E-state index >= 15 is 0 Å². The first kappa shape index (κ1) is 21.8. The van der Waals surface area contributed by atoms with Gasteiger partial charge in [-0.2, -0.15) is 26.3 Å². The van der Waals surface area contributed by atoms with E-state index in [1.165, 1.54) is 7.11 Å². The van der Waals surface area contributed by atoms with Crippen molar-refractivity contribution in [2.45, 2.75) is 17.5 Å². The monoisotopic (exact) mass is 450 g/mol. The molecule has 3 aromatic rings. The van der Waals surface area contributed by atoms with Gasteiger partial charge in [-0.1, -0.05) is 0 Å². The van der Waals surface area contributed by atoms with Gasteiger partial charge in [0.15, 0.2) is 11.0 Å². The van der Waals surface area contributed by atoms with E-state index in [0.29, 0.717) is 28.6 Å². The maximum absolute atomic E-state index is 12.9. The number of alkyl halides is 6. The summed E-state index contributed by atoms with van der Waals surface area (Å²) in [6, 6.07) is 6.10. The topological polar surface area (TPSA) is 68.3 Å². The number of methoxy groups -OCH3 is 1. The summed E-state index contributed by atoms with van der Waals surface area (Å²) >= 11 is 0.998. The Morgan fingerprint density at radius 3 is 2.27 bits per heavy atom. The lowest BCUT2D eigenvalue weighted by molar-refractivity contribution is -0.396. The fourth-order valence-electron chi connectivity index (χ4n) is 2.57. The second-order valence-electron chi connectivity index (χ2n) is 6.12. The zero-order chi connectivity index (χ0) is 22.1. The van der Waals surface area contributed by atoms with E-state index in [1.807, 2.05) is 0 Å². The average molecular weight is 450 g/mol. The van der Waals surface area contributed by atoms with Gasteiger partial charge in [-0.15, -0.1) is 0 Å². The van der Waals surface area contributed by atoms with Gasteiger partial charge in [-0.3, -0.25) is 4.79 Å². The highest BCUT2D eigenvalue weighted by molar-refractivity contribution is 7.99. The molecule has 3 N–H and O–H groups in total. The molecule has 1 amide bonds. The predicted octanol–water partition coefficient (Wildman–Crippen LogP) is 4.76. The van der Waals surface area contributed by atoms with Crippen molar-refractivity contribution in [3.05, 3.63) is 47.5 Å². The molecule has 0 radical (unpaired) electrons. The molecule has 30 heavy (non-hydrogen) atoms. The van der Waals surface area contributed by atoms with Gasteiger partial charge in [0.2, 0.25) is 5.91 Å². The first-order valence-electron chi connectivity index (χ1n) is 8.27. The van der Waals surface area contributed by atoms with Gasteiger partial charge in [-0.05, 0) is 42.1 Å². The van der Waals surface area contributed by atoms with Crippen LogP contribution in [-0.2, 0) is 17.1 Å². The molecular formula is C18H14F6N3O2S+. The summed E-state index contributed by atoms with van der Waals surface area (Å²) in [4.78, 5) is 18.1. The van der Waals surface area contributed by atoms with Crippen LogP contribution in [-0.4, -0.2) is 23.8 Å². The first-order valence-corrected chi connectivity index (χ1v) is 9.25. The number of aromatic amines is 2. The molecule has 1 heterocycles. The van der Waals surface area contributed by atoms with E-state index in [1.54, 1.807) is 18.2 Å². The van der Waals surface area contributed by atoms with E-state index < -0.39 is 35.1 Å². The molecule has 0 aliphatic heterocycles. The van der Waals surface area contributed by atoms with Crippen LogP contribution in [0.4, 0.5) is 32.0 Å². The van der Waals surface area contributed by atoms with E-state index in [4.69, 9.17) is 4.74 Å². The van der Waals surface area contributed by atoms with Crippen LogP contribution < -0.4 is 15.0 Å². The van der Waals surface area contributed by atoms with Crippen LogP contribution >= 0.6 is 11.8 Å². The number of aromatic nitrogens is 2. The van der Waals surface area contributed by atoms with Crippen molar-refractivity contribution < 1.29 is 40.9 Å². The highest BCUT2D eigenvalue weighted by Crippen LogP contribution is 2.37. The number of carbonyl (C=O) groups excluding carboxylic acids is 1. The van der Waals surface area contributed by atoms with Crippen molar-refractivity contribution in [2.24, 2.45) is 0 Å². The summed E-state index contributed by atoms with van der Waals surface area (Å²) in [5.74, 6) is -0.410. The molecular weight excluding hydrogens is 436 g/mol. The zero-order valence-electron chi connectivity index (χ0n) is 15.2. The second kappa shape index (κ2) is 8.09. The number of hydrogen-bond acceptors (Lipinski definition) is 3. The number of ether oxygens (including phenoxy) is 1. The molecule has 0 spiro atoms. The van der Waals surface area contributed by atoms with Gasteiger partial charge < -0.3 is 10.1 Å². The molecule has 0 unspecified atom stereocenters. The Kier molecular flexibility index (Phi) is 5.88. The van der Waals surface area contributed by atoms with Crippen molar-refractivity contribution in [3.63, 3.8) is 0 Å².